The number of amides is 1. The van der Waals surface area contributed by atoms with Crippen LogP contribution in [0.3, 0.4) is 0 Å². The third-order valence-electron chi connectivity index (χ3n) is 6.71. The molecule has 3 aromatic carbocycles. The van der Waals surface area contributed by atoms with Gasteiger partial charge in [-0.25, -0.2) is 9.18 Å². The average molecular weight is 521 g/mol. The number of piperazine rings is 1. The van der Waals surface area contributed by atoms with Crippen LogP contribution in [0.25, 0.3) is 0 Å². The highest BCUT2D eigenvalue weighted by molar-refractivity contribution is 5.89. The molecule has 0 bridgehead atoms. The van der Waals surface area contributed by atoms with Crippen molar-refractivity contribution in [1.82, 2.24) is 9.80 Å². The molecular formula is C30H33FN2O5. The summed E-state index contributed by atoms with van der Waals surface area (Å²) in [7, 11) is 3.00. The standard InChI is InChI=1S/C30H33FN2O5/c1-36-27-5-3-4-25(19-27)28(38-21-23-6-10-24(11-7-23)30(35)37-2)20-32-14-16-33(17-15-32)29(34)18-22-8-12-26(31)13-9-22/h3-13,19,28H,14-18,20-21H2,1-2H3. The summed E-state index contributed by atoms with van der Waals surface area (Å²) in [5.41, 5.74) is 3.25. The molecule has 0 aromatic heterocycles. The average Bonchev–Trinajstić information content (AvgIpc) is 2.96. The van der Waals surface area contributed by atoms with Crippen molar-refractivity contribution in [2.24, 2.45) is 0 Å². The molecule has 0 N–H and O–H groups in total. The van der Waals surface area contributed by atoms with Crippen LogP contribution < -0.4 is 4.74 Å². The number of benzene rings is 3. The lowest BCUT2D eigenvalue weighted by Gasteiger charge is -2.36. The SMILES string of the molecule is COC(=O)c1ccc(COC(CN2CCN(C(=O)Cc3ccc(F)cc3)CC2)c2cccc(OC)c2)cc1. The Hall–Kier alpha value is -3.75. The van der Waals surface area contributed by atoms with Gasteiger partial charge in [0.2, 0.25) is 5.91 Å². The van der Waals surface area contributed by atoms with Gasteiger partial charge in [0.15, 0.2) is 0 Å². The molecule has 38 heavy (non-hydrogen) atoms. The van der Waals surface area contributed by atoms with Crippen LogP contribution in [0.4, 0.5) is 4.39 Å². The van der Waals surface area contributed by atoms with Gasteiger partial charge in [-0.3, -0.25) is 9.69 Å². The van der Waals surface area contributed by atoms with Crippen molar-refractivity contribution in [3.05, 3.63) is 101 Å². The van der Waals surface area contributed by atoms with E-state index in [2.05, 4.69) is 4.90 Å². The number of nitrogens with zero attached hydrogens (tertiary/aromatic N) is 2. The fourth-order valence-corrected chi connectivity index (χ4v) is 4.45. The second kappa shape index (κ2) is 13.2. The van der Waals surface area contributed by atoms with Crippen molar-refractivity contribution in [2.45, 2.75) is 19.1 Å². The fraction of sp³-hybridized carbons (Fsp3) is 0.333. The van der Waals surface area contributed by atoms with E-state index >= 15 is 0 Å². The minimum absolute atomic E-state index is 0.0484. The highest BCUT2D eigenvalue weighted by Crippen LogP contribution is 2.25. The van der Waals surface area contributed by atoms with Crippen LogP contribution in [0.2, 0.25) is 0 Å². The third-order valence-corrected chi connectivity index (χ3v) is 6.71. The van der Waals surface area contributed by atoms with E-state index in [1.165, 1.54) is 19.2 Å². The summed E-state index contributed by atoms with van der Waals surface area (Å²) < 4.78 is 29.7. The van der Waals surface area contributed by atoms with Crippen molar-refractivity contribution in [3.63, 3.8) is 0 Å². The molecule has 200 valence electrons. The minimum Gasteiger partial charge on any atom is -0.497 e. The molecule has 0 spiro atoms. The largest absolute Gasteiger partial charge is 0.497 e. The number of ether oxygens (including phenoxy) is 3. The number of carbonyl (C=O) groups is 2. The highest BCUT2D eigenvalue weighted by Gasteiger charge is 2.24. The predicted molar refractivity (Wildman–Crippen MR) is 141 cm³/mol. The Morgan fingerprint density at radius 3 is 2.24 bits per heavy atom. The lowest BCUT2D eigenvalue weighted by atomic mass is 10.1. The number of methoxy groups -OCH3 is 2. The zero-order valence-corrected chi connectivity index (χ0v) is 21.8. The third kappa shape index (κ3) is 7.40. The molecule has 4 rings (SSSR count). The highest BCUT2D eigenvalue weighted by atomic mass is 19.1. The summed E-state index contributed by atoms with van der Waals surface area (Å²) in [6.45, 7) is 3.74. The first-order valence-corrected chi connectivity index (χ1v) is 12.6. The van der Waals surface area contributed by atoms with Crippen molar-refractivity contribution >= 4 is 11.9 Å². The van der Waals surface area contributed by atoms with Crippen LogP contribution in [0, 0.1) is 5.82 Å². The van der Waals surface area contributed by atoms with Crippen LogP contribution >= 0.6 is 0 Å². The number of hydrogen-bond donors (Lipinski definition) is 0. The van der Waals surface area contributed by atoms with Gasteiger partial charge in [0, 0.05) is 32.7 Å². The van der Waals surface area contributed by atoms with Gasteiger partial charge in [-0.15, -0.1) is 0 Å². The Morgan fingerprint density at radius 1 is 0.895 bits per heavy atom. The van der Waals surface area contributed by atoms with Gasteiger partial charge in [-0.05, 0) is 53.1 Å². The zero-order chi connectivity index (χ0) is 26.9. The molecule has 7 nitrogen and oxygen atoms in total. The van der Waals surface area contributed by atoms with E-state index in [1.54, 1.807) is 31.4 Å². The first-order chi connectivity index (χ1) is 18.4. The molecule has 1 fully saturated rings. The fourth-order valence-electron chi connectivity index (χ4n) is 4.45. The lowest BCUT2D eigenvalue weighted by molar-refractivity contribution is -0.132. The molecule has 1 amide bonds. The molecule has 1 atom stereocenters. The minimum atomic E-state index is -0.373. The van der Waals surface area contributed by atoms with Gasteiger partial charge in [0.05, 0.1) is 38.9 Å². The van der Waals surface area contributed by atoms with Crippen LogP contribution in [-0.4, -0.2) is 68.6 Å². The summed E-state index contributed by atoms with van der Waals surface area (Å²) in [5, 5.41) is 0. The van der Waals surface area contributed by atoms with Gasteiger partial charge in [0.25, 0.3) is 0 Å². The van der Waals surface area contributed by atoms with Gasteiger partial charge in [0.1, 0.15) is 11.6 Å². The maximum absolute atomic E-state index is 13.2. The molecule has 0 saturated carbocycles. The topological polar surface area (TPSA) is 68.3 Å². The number of rotatable bonds is 10. The molecule has 1 aliphatic rings. The Bertz CT molecular complexity index is 1210. The Balaban J connectivity index is 1.37. The molecule has 3 aromatic rings. The van der Waals surface area contributed by atoms with E-state index in [0.29, 0.717) is 31.8 Å². The first-order valence-electron chi connectivity index (χ1n) is 12.6. The van der Waals surface area contributed by atoms with E-state index in [9.17, 15) is 14.0 Å². The Kier molecular flexibility index (Phi) is 9.46. The van der Waals surface area contributed by atoms with Crippen LogP contribution in [0.1, 0.15) is 33.2 Å². The van der Waals surface area contributed by atoms with Crippen molar-refractivity contribution in [1.29, 1.82) is 0 Å². The number of halogens is 1. The van der Waals surface area contributed by atoms with E-state index in [4.69, 9.17) is 14.2 Å². The number of carbonyl (C=O) groups excluding carboxylic acids is 2. The van der Waals surface area contributed by atoms with Crippen LogP contribution in [0.15, 0.2) is 72.8 Å². The molecule has 1 aliphatic heterocycles. The number of hydrogen-bond acceptors (Lipinski definition) is 6. The summed E-state index contributed by atoms with van der Waals surface area (Å²) in [4.78, 5) is 28.6. The molecule has 1 saturated heterocycles. The Morgan fingerprint density at radius 2 is 1.58 bits per heavy atom. The molecule has 0 aliphatic carbocycles. The molecule has 0 radical (unpaired) electrons. The Labute approximate surface area is 222 Å². The van der Waals surface area contributed by atoms with E-state index in [0.717, 1.165) is 35.5 Å². The quantitative estimate of drug-likeness (QED) is 0.372. The maximum atomic E-state index is 13.2. The predicted octanol–water partition coefficient (Wildman–Crippen LogP) is 4.27. The smallest absolute Gasteiger partial charge is 0.337 e. The normalized spacial score (nSPS) is 14.7. The van der Waals surface area contributed by atoms with Gasteiger partial charge in [-0.2, -0.15) is 0 Å². The van der Waals surface area contributed by atoms with Gasteiger partial charge < -0.3 is 19.1 Å². The monoisotopic (exact) mass is 520 g/mol. The zero-order valence-electron chi connectivity index (χ0n) is 21.8. The van der Waals surface area contributed by atoms with E-state index in [1.807, 2.05) is 41.3 Å². The second-order valence-electron chi connectivity index (χ2n) is 9.25. The first kappa shape index (κ1) is 27.3. The molecule has 1 unspecified atom stereocenters. The second-order valence-corrected chi connectivity index (χ2v) is 9.25. The van der Waals surface area contributed by atoms with E-state index in [-0.39, 0.29) is 30.2 Å². The van der Waals surface area contributed by atoms with Crippen LogP contribution in [-0.2, 0) is 27.3 Å². The number of esters is 1. The lowest BCUT2D eigenvalue weighted by Crippen LogP contribution is -2.50. The van der Waals surface area contributed by atoms with Crippen molar-refractivity contribution in [3.8, 4) is 5.75 Å². The maximum Gasteiger partial charge on any atom is 0.337 e. The van der Waals surface area contributed by atoms with Gasteiger partial charge >= 0.3 is 5.97 Å². The van der Waals surface area contributed by atoms with Crippen molar-refractivity contribution < 1.29 is 28.2 Å². The molecular weight excluding hydrogens is 487 g/mol. The summed E-state index contributed by atoms with van der Waals surface area (Å²) in [6, 6.07) is 21.1. The van der Waals surface area contributed by atoms with Crippen molar-refractivity contribution in [2.75, 3.05) is 46.9 Å². The summed E-state index contributed by atoms with van der Waals surface area (Å²) in [6.07, 6.45) is 0.0526. The molecule has 8 heteroatoms. The van der Waals surface area contributed by atoms with Gasteiger partial charge in [-0.1, -0.05) is 36.4 Å². The molecule has 1 heterocycles. The van der Waals surface area contributed by atoms with E-state index < -0.39 is 0 Å². The summed E-state index contributed by atoms with van der Waals surface area (Å²) >= 11 is 0. The summed E-state index contributed by atoms with van der Waals surface area (Å²) in [5.74, 6) is 0.129. The van der Waals surface area contributed by atoms with Crippen LogP contribution in [0.5, 0.6) is 5.75 Å².